The molecule has 2 atom stereocenters. The number of benzene rings is 2. The summed E-state index contributed by atoms with van der Waals surface area (Å²) in [4.78, 5) is 12.9. The monoisotopic (exact) mass is 377 g/mol. The number of alkyl halides is 3. The van der Waals surface area contributed by atoms with Gasteiger partial charge in [0, 0.05) is 0 Å². The average Bonchev–Trinajstić information content (AvgIpc) is 2.90. The van der Waals surface area contributed by atoms with Crippen molar-refractivity contribution < 1.29 is 18.0 Å². The van der Waals surface area contributed by atoms with Gasteiger partial charge in [0.1, 0.15) is 0 Å². The van der Waals surface area contributed by atoms with Crippen LogP contribution >= 0.6 is 11.8 Å². The first-order valence-electron chi connectivity index (χ1n) is 8.19. The topological polar surface area (TPSA) is 43.1 Å². The maximum absolute atomic E-state index is 13.0. The fraction of sp³-hybridized carbons (Fsp3) is 0.250. The molecule has 0 amide bonds. The molecule has 26 heavy (non-hydrogen) atoms. The highest BCUT2D eigenvalue weighted by Gasteiger charge is 2.38. The minimum absolute atomic E-state index is 0.0109. The van der Waals surface area contributed by atoms with Gasteiger partial charge < -0.3 is 5.73 Å². The van der Waals surface area contributed by atoms with E-state index in [4.69, 9.17) is 5.73 Å². The number of allylic oxidation sites excluding steroid dienone is 1. The summed E-state index contributed by atoms with van der Waals surface area (Å²) < 4.78 is 38.9. The third-order valence-corrected chi connectivity index (χ3v) is 5.79. The molecule has 0 bridgehead atoms. The minimum atomic E-state index is -4.46. The van der Waals surface area contributed by atoms with Crippen LogP contribution in [0, 0.1) is 5.92 Å². The van der Waals surface area contributed by atoms with Crippen LogP contribution in [0.25, 0.3) is 5.57 Å². The van der Waals surface area contributed by atoms with Crippen molar-refractivity contribution in [3.8, 4) is 0 Å². The highest BCUT2D eigenvalue weighted by molar-refractivity contribution is 8.05. The fourth-order valence-corrected chi connectivity index (χ4v) is 4.28. The Morgan fingerprint density at radius 3 is 2.46 bits per heavy atom. The zero-order valence-corrected chi connectivity index (χ0v) is 14.9. The summed E-state index contributed by atoms with van der Waals surface area (Å²) in [5.74, 6) is -0.188. The molecular formula is C20H18F3NOS. The Hall–Kier alpha value is -2.21. The second kappa shape index (κ2) is 7.19. The zero-order valence-electron chi connectivity index (χ0n) is 14.1. The van der Waals surface area contributed by atoms with Crippen molar-refractivity contribution in [1.82, 2.24) is 0 Å². The van der Waals surface area contributed by atoms with Gasteiger partial charge in [-0.15, -0.1) is 0 Å². The number of thioether (sulfide) groups is 1. The van der Waals surface area contributed by atoms with Gasteiger partial charge in [-0.1, -0.05) is 61.2 Å². The van der Waals surface area contributed by atoms with Crippen molar-refractivity contribution in [2.75, 3.05) is 0 Å². The largest absolute Gasteiger partial charge is 0.416 e. The van der Waals surface area contributed by atoms with Gasteiger partial charge in [-0.25, -0.2) is 0 Å². The molecule has 1 aliphatic rings. The van der Waals surface area contributed by atoms with Gasteiger partial charge in [0.05, 0.1) is 21.4 Å². The number of hydrogen-bond acceptors (Lipinski definition) is 3. The van der Waals surface area contributed by atoms with E-state index in [0.717, 1.165) is 17.7 Å². The van der Waals surface area contributed by atoms with Crippen LogP contribution in [0.1, 0.15) is 23.6 Å². The normalized spacial score (nSPS) is 19.1. The van der Waals surface area contributed by atoms with Crippen LogP contribution in [0.3, 0.4) is 0 Å². The van der Waals surface area contributed by atoms with Gasteiger partial charge in [-0.2, -0.15) is 13.2 Å². The molecule has 0 fully saturated rings. The molecule has 3 rings (SSSR count). The smallest absolute Gasteiger partial charge is 0.393 e. The van der Waals surface area contributed by atoms with E-state index < -0.39 is 11.7 Å². The predicted molar refractivity (Wildman–Crippen MR) is 98.2 cm³/mol. The SMILES string of the molecule is CC(Cc1ccccc1)C1SC(N)=C(c2cccc(C(F)(F)F)c2)C1=O. The Balaban J connectivity index is 1.82. The van der Waals surface area contributed by atoms with Crippen molar-refractivity contribution in [1.29, 1.82) is 0 Å². The second-order valence-electron chi connectivity index (χ2n) is 6.39. The van der Waals surface area contributed by atoms with E-state index >= 15 is 0 Å². The Morgan fingerprint density at radius 1 is 1.12 bits per heavy atom. The standard InChI is InChI=1S/C20H18F3NOS/c1-12(10-13-6-3-2-4-7-13)18-17(25)16(19(24)26-18)14-8-5-9-15(11-14)20(21,22)23/h2-9,11-12,18H,10,24H2,1H3. The van der Waals surface area contributed by atoms with Gasteiger partial charge in [0.25, 0.3) is 0 Å². The number of Topliss-reactive ketones (excluding diaryl/α,β-unsaturated/α-hetero) is 1. The van der Waals surface area contributed by atoms with Gasteiger partial charge in [0.2, 0.25) is 0 Å². The molecule has 0 radical (unpaired) electrons. The predicted octanol–water partition coefficient (Wildman–Crippen LogP) is 4.90. The lowest BCUT2D eigenvalue weighted by Crippen LogP contribution is -2.23. The summed E-state index contributed by atoms with van der Waals surface area (Å²) >= 11 is 1.24. The van der Waals surface area contributed by atoms with E-state index in [9.17, 15) is 18.0 Å². The average molecular weight is 377 g/mol. The molecule has 2 aromatic rings. The molecule has 2 unspecified atom stereocenters. The van der Waals surface area contributed by atoms with Crippen LogP contribution < -0.4 is 5.73 Å². The number of rotatable bonds is 4. The third kappa shape index (κ3) is 3.80. The number of halogens is 3. The van der Waals surface area contributed by atoms with Gasteiger partial charge in [-0.05, 0) is 35.6 Å². The molecular weight excluding hydrogens is 359 g/mol. The maximum atomic E-state index is 13.0. The Labute approximate surface area is 154 Å². The lowest BCUT2D eigenvalue weighted by atomic mass is 9.91. The molecule has 1 aliphatic heterocycles. The number of ketones is 1. The van der Waals surface area contributed by atoms with Crippen molar-refractivity contribution >= 4 is 23.1 Å². The van der Waals surface area contributed by atoms with E-state index in [-0.39, 0.29) is 28.1 Å². The molecule has 0 aromatic heterocycles. The molecule has 2 aromatic carbocycles. The summed E-state index contributed by atoms with van der Waals surface area (Å²) in [5.41, 5.74) is 6.78. The van der Waals surface area contributed by atoms with E-state index in [1.165, 1.54) is 23.9 Å². The first kappa shape index (κ1) is 18.6. The summed E-state index contributed by atoms with van der Waals surface area (Å²) in [6.45, 7) is 1.96. The van der Waals surface area contributed by atoms with E-state index in [1.807, 2.05) is 37.3 Å². The molecule has 6 heteroatoms. The molecule has 0 spiro atoms. The van der Waals surface area contributed by atoms with Crippen molar-refractivity contribution in [3.63, 3.8) is 0 Å². The first-order valence-corrected chi connectivity index (χ1v) is 9.07. The quantitative estimate of drug-likeness (QED) is 0.824. The highest BCUT2D eigenvalue weighted by atomic mass is 32.2. The van der Waals surface area contributed by atoms with Crippen LogP contribution in [0.15, 0.2) is 59.6 Å². The first-order chi connectivity index (χ1) is 12.3. The number of carbonyl (C=O) groups is 1. The van der Waals surface area contributed by atoms with Crippen LogP contribution in [0.2, 0.25) is 0 Å². The third-order valence-electron chi connectivity index (χ3n) is 4.40. The lowest BCUT2D eigenvalue weighted by Gasteiger charge is -2.18. The molecule has 0 saturated heterocycles. The van der Waals surface area contributed by atoms with Crippen molar-refractivity contribution in [3.05, 3.63) is 76.3 Å². The minimum Gasteiger partial charge on any atom is -0.393 e. The molecule has 0 saturated carbocycles. The molecule has 136 valence electrons. The number of hydrogen-bond donors (Lipinski definition) is 1. The summed E-state index contributed by atoms with van der Waals surface area (Å²) in [6.07, 6.45) is -3.76. The zero-order chi connectivity index (χ0) is 18.9. The molecule has 2 N–H and O–H groups in total. The number of carbonyl (C=O) groups excluding carboxylic acids is 1. The van der Waals surface area contributed by atoms with E-state index in [2.05, 4.69) is 0 Å². The van der Waals surface area contributed by atoms with Crippen molar-refractivity contribution in [2.24, 2.45) is 11.7 Å². The van der Waals surface area contributed by atoms with Crippen molar-refractivity contribution in [2.45, 2.75) is 24.8 Å². The maximum Gasteiger partial charge on any atom is 0.416 e. The van der Waals surface area contributed by atoms with Crippen LogP contribution in [-0.2, 0) is 17.4 Å². The summed E-state index contributed by atoms with van der Waals surface area (Å²) in [7, 11) is 0. The Kier molecular flexibility index (Phi) is 5.14. The fourth-order valence-electron chi connectivity index (χ4n) is 3.12. The van der Waals surface area contributed by atoms with Crippen LogP contribution in [-0.4, -0.2) is 11.0 Å². The molecule has 2 nitrogen and oxygen atoms in total. The summed E-state index contributed by atoms with van der Waals surface area (Å²) in [6, 6.07) is 14.6. The summed E-state index contributed by atoms with van der Waals surface area (Å²) in [5, 5.41) is -0.0982. The second-order valence-corrected chi connectivity index (χ2v) is 7.57. The van der Waals surface area contributed by atoms with Gasteiger partial charge in [-0.3, -0.25) is 4.79 Å². The van der Waals surface area contributed by atoms with Gasteiger partial charge in [0.15, 0.2) is 5.78 Å². The Morgan fingerprint density at radius 2 is 1.81 bits per heavy atom. The Bertz CT molecular complexity index is 846. The van der Waals surface area contributed by atoms with Crippen LogP contribution in [0.5, 0.6) is 0 Å². The number of nitrogens with two attached hydrogens (primary N) is 1. The lowest BCUT2D eigenvalue weighted by molar-refractivity contribution is -0.137. The van der Waals surface area contributed by atoms with E-state index in [0.29, 0.717) is 11.4 Å². The van der Waals surface area contributed by atoms with Gasteiger partial charge >= 0.3 is 6.18 Å². The van der Waals surface area contributed by atoms with Crippen LogP contribution in [0.4, 0.5) is 13.2 Å². The molecule has 1 heterocycles. The molecule has 0 aliphatic carbocycles. The highest BCUT2D eigenvalue weighted by Crippen LogP contribution is 2.42. The van der Waals surface area contributed by atoms with E-state index in [1.54, 1.807) is 0 Å².